The SMILES string of the molecule is CCCCOC(=O)N(C)c1cc(F)cc2c1[nH]c1ncc(Cl)cc12. The lowest BCUT2D eigenvalue weighted by molar-refractivity contribution is 0.153. The van der Waals surface area contributed by atoms with Crippen molar-refractivity contribution in [2.75, 3.05) is 18.6 Å². The predicted molar refractivity (Wildman–Crippen MR) is 93.2 cm³/mol. The highest BCUT2D eigenvalue weighted by atomic mass is 35.5. The van der Waals surface area contributed by atoms with Crippen LogP contribution in [0.15, 0.2) is 24.4 Å². The van der Waals surface area contributed by atoms with Crippen LogP contribution in [0.2, 0.25) is 5.02 Å². The van der Waals surface area contributed by atoms with E-state index in [0.717, 1.165) is 12.8 Å². The zero-order valence-corrected chi connectivity index (χ0v) is 14.2. The van der Waals surface area contributed by atoms with E-state index in [9.17, 15) is 9.18 Å². The zero-order chi connectivity index (χ0) is 17.3. The summed E-state index contributed by atoms with van der Waals surface area (Å²) in [7, 11) is 1.55. The smallest absolute Gasteiger partial charge is 0.414 e. The molecule has 0 unspecified atom stereocenters. The van der Waals surface area contributed by atoms with Crippen LogP contribution in [0.1, 0.15) is 19.8 Å². The number of aromatic nitrogens is 2. The fourth-order valence-corrected chi connectivity index (χ4v) is 2.72. The average molecular weight is 350 g/mol. The number of amides is 1. The van der Waals surface area contributed by atoms with Crippen LogP contribution in [0, 0.1) is 5.82 Å². The molecule has 0 atom stereocenters. The van der Waals surface area contributed by atoms with Crippen LogP contribution in [-0.4, -0.2) is 29.7 Å². The molecule has 3 aromatic rings. The van der Waals surface area contributed by atoms with Gasteiger partial charge in [0, 0.05) is 24.0 Å². The molecule has 1 N–H and O–H groups in total. The number of benzene rings is 1. The van der Waals surface area contributed by atoms with Crippen molar-refractivity contribution in [1.82, 2.24) is 9.97 Å². The Morgan fingerprint density at radius 3 is 2.92 bits per heavy atom. The van der Waals surface area contributed by atoms with Gasteiger partial charge in [-0.1, -0.05) is 24.9 Å². The number of carbonyl (C=O) groups is 1. The van der Waals surface area contributed by atoms with E-state index in [1.54, 1.807) is 13.1 Å². The Morgan fingerprint density at radius 2 is 2.17 bits per heavy atom. The normalized spacial score (nSPS) is 11.2. The maximum atomic E-state index is 14.1. The second-order valence-electron chi connectivity index (χ2n) is 5.55. The Labute approximate surface area is 143 Å². The summed E-state index contributed by atoms with van der Waals surface area (Å²) in [6.07, 6.45) is 2.70. The monoisotopic (exact) mass is 349 g/mol. The molecule has 0 aliphatic heterocycles. The first-order valence-corrected chi connectivity index (χ1v) is 8.06. The number of ether oxygens (including phenoxy) is 1. The van der Waals surface area contributed by atoms with E-state index in [-0.39, 0.29) is 0 Å². The first-order chi connectivity index (χ1) is 11.5. The van der Waals surface area contributed by atoms with Gasteiger partial charge in [0.25, 0.3) is 0 Å². The molecule has 0 saturated carbocycles. The van der Waals surface area contributed by atoms with Crippen molar-refractivity contribution in [3.8, 4) is 0 Å². The topological polar surface area (TPSA) is 58.2 Å². The van der Waals surface area contributed by atoms with Crippen LogP contribution < -0.4 is 4.90 Å². The van der Waals surface area contributed by atoms with Crippen LogP contribution in [0.25, 0.3) is 21.9 Å². The van der Waals surface area contributed by atoms with E-state index in [4.69, 9.17) is 16.3 Å². The number of unbranched alkanes of at least 4 members (excludes halogenated alkanes) is 1. The van der Waals surface area contributed by atoms with Gasteiger partial charge in [-0.2, -0.15) is 0 Å². The largest absolute Gasteiger partial charge is 0.449 e. The van der Waals surface area contributed by atoms with Gasteiger partial charge in [0.05, 0.1) is 22.8 Å². The quantitative estimate of drug-likeness (QED) is 0.683. The Hall–Kier alpha value is -2.34. The molecule has 0 radical (unpaired) electrons. The van der Waals surface area contributed by atoms with Crippen LogP contribution in [-0.2, 0) is 4.74 Å². The first kappa shape index (κ1) is 16.5. The van der Waals surface area contributed by atoms with Gasteiger partial charge in [-0.3, -0.25) is 4.90 Å². The van der Waals surface area contributed by atoms with Crippen molar-refractivity contribution in [2.24, 2.45) is 0 Å². The van der Waals surface area contributed by atoms with E-state index in [2.05, 4.69) is 9.97 Å². The second kappa shape index (κ2) is 6.65. The molecule has 0 spiro atoms. The molecular weight excluding hydrogens is 333 g/mol. The highest BCUT2D eigenvalue weighted by Crippen LogP contribution is 2.33. The maximum Gasteiger partial charge on any atom is 0.414 e. The third kappa shape index (κ3) is 3.01. The second-order valence-corrected chi connectivity index (χ2v) is 5.99. The van der Waals surface area contributed by atoms with E-state index in [0.29, 0.717) is 39.3 Å². The minimum absolute atomic E-state index is 0.335. The molecule has 24 heavy (non-hydrogen) atoms. The molecule has 7 heteroatoms. The van der Waals surface area contributed by atoms with E-state index < -0.39 is 11.9 Å². The molecular formula is C17H17ClFN3O2. The zero-order valence-electron chi connectivity index (χ0n) is 13.4. The summed E-state index contributed by atoms with van der Waals surface area (Å²) in [6.45, 7) is 2.35. The van der Waals surface area contributed by atoms with Gasteiger partial charge in [0.2, 0.25) is 0 Å². The molecule has 2 aromatic heterocycles. The maximum absolute atomic E-state index is 14.1. The predicted octanol–water partition coefficient (Wildman–Crippen LogP) is 4.88. The van der Waals surface area contributed by atoms with Crippen molar-refractivity contribution in [2.45, 2.75) is 19.8 Å². The Kier molecular flexibility index (Phi) is 4.57. The van der Waals surface area contributed by atoms with Crippen molar-refractivity contribution in [1.29, 1.82) is 0 Å². The number of rotatable bonds is 4. The van der Waals surface area contributed by atoms with Crippen molar-refractivity contribution >= 4 is 45.3 Å². The van der Waals surface area contributed by atoms with Crippen LogP contribution in [0.3, 0.4) is 0 Å². The van der Waals surface area contributed by atoms with Gasteiger partial charge < -0.3 is 9.72 Å². The van der Waals surface area contributed by atoms with E-state index in [1.165, 1.54) is 23.2 Å². The average Bonchev–Trinajstić information content (AvgIpc) is 2.91. The number of aromatic amines is 1. The third-order valence-corrected chi connectivity index (χ3v) is 4.04. The van der Waals surface area contributed by atoms with Crippen molar-refractivity contribution in [3.63, 3.8) is 0 Å². The molecule has 1 aromatic carbocycles. The number of nitrogens with zero attached hydrogens (tertiary/aromatic N) is 2. The van der Waals surface area contributed by atoms with Crippen LogP contribution in [0.4, 0.5) is 14.9 Å². The standard InChI is InChI=1S/C17H17ClFN3O2/c1-3-4-5-24-17(23)22(2)14-8-11(19)7-12-13-6-10(18)9-20-16(13)21-15(12)14/h6-9H,3-5H2,1-2H3,(H,20,21). The van der Waals surface area contributed by atoms with Crippen LogP contribution in [0.5, 0.6) is 0 Å². The summed E-state index contributed by atoms with van der Waals surface area (Å²) in [5, 5.41) is 1.77. The number of halogens is 2. The lowest BCUT2D eigenvalue weighted by Crippen LogP contribution is -2.27. The molecule has 0 saturated heterocycles. The number of hydrogen-bond donors (Lipinski definition) is 1. The fraction of sp³-hybridized carbons (Fsp3) is 0.294. The number of H-pyrrole nitrogens is 1. The van der Waals surface area contributed by atoms with Crippen molar-refractivity contribution in [3.05, 3.63) is 35.2 Å². The number of fused-ring (bicyclic) bond motifs is 3. The molecule has 0 aliphatic carbocycles. The summed E-state index contributed by atoms with van der Waals surface area (Å²) in [5.74, 6) is -0.452. The highest BCUT2D eigenvalue weighted by Gasteiger charge is 2.19. The van der Waals surface area contributed by atoms with Crippen LogP contribution >= 0.6 is 11.6 Å². The van der Waals surface area contributed by atoms with Gasteiger partial charge in [0.1, 0.15) is 11.5 Å². The van der Waals surface area contributed by atoms with Gasteiger partial charge in [-0.25, -0.2) is 14.2 Å². The molecule has 1 amide bonds. The molecule has 0 aliphatic rings. The van der Waals surface area contributed by atoms with Crippen molar-refractivity contribution < 1.29 is 13.9 Å². The van der Waals surface area contributed by atoms with E-state index in [1.807, 2.05) is 6.92 Å². The number of pyridine rings is 1. The Balaban J connectivity index is 2.07. The Bertz CT molecular complexity index is 910. The lowest BCUT2D eigenvalue weighted by Gasteiger charge is -2.18. The van der Waals surface area contributed by atoms with Gasteiger partial charge in [-0.05, 0) is 24.6 Å². The number of carbonyl (C=O) groups excluding carboxylic acids is 1. The third-order valence-electron chi connectivity index (χ3n) is 3.83. The molecule has 5 nitrogen and oxygen atoms in total. The lowest BCUT2D eigenvalue weighted by atomic mass is 10.1. The summed E-state index contributed by atoms with van der Waals surface area (Å²) in [5.41, 5.74) is 1.57. The highest BCUT2D eigenvalue weighted by molar-refractivity contribution is 6.31. The summed E-state index contributed by atoms with van der Waals surface area (Å²) in [6, 6.07) is 4.40. The molecule has 0 bridgehead atoms. The summed E-state index contributed by atoms with van der Waals surface area (Å²) >= 11 is 5.98. The number of anilines is 1. The summed E-state index contributed by atoms with van der Waals surface area (Å²) < 4.78 is 19.3. The summed E-state index contributed by atoms with van der Waals surface area (Å²) in [4.78, 5) is 20.8. The minimum atomic E-state index is -0.528. The number of nitrogens with one attached hydrogen (secondary N) is 1. The fourth-order valence-electron chi connectivity index (χ4n) is 2.56. The minimum Gasteiger partial charge on any atom is -0.449 e. The van der Waals surface area contributed by atoms with E-state index >= 15 is 0 Å². The first-order valence-electron chi connectivity index (χ1n) is 7.68. The molecule has 2 heterocycles. The van der Waals surface area contributed by atoms with Gasteiger partial charge in [0.15, 0.2) is 0 Å². The molecule has 3 rings (SSSR count). The molecule has 126 valence electrons. The molecule has 0 fully saturated rings. The number of hydrogen-bond acceptors (Lipinski definition) is 3. The van der Waals surface area contributed by atoms with Gasteiger partial charge in [-0.15, -0.1) is 0 Å². The Morgan fingerprint density at radius 1 is 1.38 bits per heavy atom. The van der Waals surface area contributed by atoms with Gasteiger partial charge >= 0.3 is 6.09 Å².